The van der Waals surface area contributed by atoms with Gasteiger partial charge in [0, 0.05) is 4.88 Å². The molecule has 0 aliphatic heterocycles. The van der Waals surface area contributed by atoms with Crippen LogP contribution in [0.4, 0.5) is 15.2 Å². The minimum Gasteiger partial charge on any atom is -0.398 e. The first-order valence-electron chi connectivity index (χ1n) is 5.88. The van der Waals surface area contributed by atoms with Gasteiger partial charge in [0.2, 0.25) is 0 Å². The quantitative estimate of drug-likeness (QED) is 0.849. The van der Waals surface area contributed by atoms with Gasteiger partial charge in [-0.1, -0.05) is 13.0 Å². The molecule has 0 saturated carbocycles. The van der Waals surface area contributed by atoms with Gasteiger partial charge >= 0.3 is 0 Å². The summed E-state index contributed by atoms with van der Waals surface area (Å²) in [4.78, 5) is 4.54. The molecule has 0 aliphatic carbocycles. The zero-order valence-electron chi connectivity index (χ0n) is 11.0. The van der Waals surface area contributed by atoms with Crippen molar-refractivity contribution >= 4 is 32.2 Å². The molecule has 1 aromatic heterocycles. The van der Waals surface area contributed by atoms with Gasteiger partial charge < -0.3 is 5.73 Å². The van der Waals surface area contributed by atoms with Gasteiger partial charge in [-0.3, -0.25) is 4.72 Å². The van der Waals surface area contributed by atoms with Crippen LogP contribution in [0.25, 0.3) is 0 Å². The van der Waals surface area contributed by atoms with E-state index in [2.05, 4.69) is 9.71 Å². The number of nitrogens with one attached hydrogen (secondary N) is 1. The lowest BCUT2D eigenvalue weighted by molar-refractivity contribution is 0.572. The average Bonchev–Trinajstić information content (AvgIpc) is 2.67. The van der Waals surface area contributed by atoms with Crippen LogP contribution in [0.5, 0.6) is 0 Å². The Bertz CT molecular complexity index is 721. The third kappa shape index (κ3) is 2.75. The number of nitrogens with zero attached hydrogens (tertiary/aromatic N) is 1. The van der Waals surface area contributed by atoms with Gasteiger partial charge in [0.05, 0.1) is 11.4 Å². The molecule has 108 valence electrons. The number of halogens is 1. The summed E-state index contributed by atoms with van der Waals surface area (Å²) in [5, 5.41) is 0.210. The van der Waals surface area contributed by atoms with E-state index < -0.39 is 20.7 Å². The molecule has 2 rings (SSSR count). The lowest BCUT2D eigenvalue weighted by Gasteiger charge is -2.08. The standard InChI is InChI=1S/C12H14FN3O2S2/c1-3-10-7(2)19-12(15-10)16-20(17,18)11-8(13)5-4-6-9(11)14/h4-6H,3,14H2,1-2H3,(H,15,16). The van der Waals surface area contributed by atoms with Crippen LogP contribution in [0.15, 0.2) is 23.1 Å². The van der Waals surface area contributed by atoms with Crippen LogP contribution in [-0.4, -0.2) is 13.4 Å². The zero-order chi connectivity index (χ0) is 14.9. The number of hydrogen-bond donors (Lipinski definition) is 2. The highest BCUT2D eigenvalue weighted by Crippen LogP contribution is 2.28. The van der Waals surface area contributed by atoms with E-state index in [1.54, 1.807) is 0 Å². The topological polar surface area (TPSA) is 85.1 Å². The van der Waals surface area contributed by atoms with Gasteiger partial charge in [-0.25, -0.2) is 17.8 Å². The molecule has 0 spiro atoms. The van der Waals surface area contributed by atoms with Crippen LogP contribution in [-0.2, 0) is 16.4 Å². The molecule has 5 nitrogen and oxygen atoms in total. The number of thiazole rings is 1. The van der Waals surface area contributed by atoms with Crippen molar-refractivity contribution in [3.8, 4) is 0 Å². The lowest BCUT2D eigenvalue weighted by atomic mass is 10.3. The second-order valence-corrected chi connectivity index (χ2v) is 6.96. The molecule has 0 aliphatic rings. The fraction of sp³-hybridized carbons (Fsp3) is 0.250. The van der Waals surface area contributed by atoms with Crippen molar-refractivity contribution in [3.05, 3.63) is 34.6 Å². The van der Waals surface area contributed by atoms with E-state index in [1.807, 2.05) is 13.8 Å². The number of sulfonamides is 1. The summed E-state index contributed by atoms with van der Waals surface area (Å²) in [5.74, 6) is -0.888. The van der Waals surface area contributed by atoms with Crippen LogP contribution in [0.1, 0.15) is 17.5 Å². The van der Waals surface area contributed by atoms with Gasteiger partial charge in [0.25, 0.3) is 10.0 Å². The summed E-state index contributed by atoms with van der Waals surface area (Å²) in [6.45, 7) is 3.78. The summed E-state index contributed by atoms with van der Waals surface area (Å²) in [7, 11) is -4.09. The van der Waals surface area contributed by atoms with E-state index in [9.17, 15) is 12.8 Å². The Hall–Kier alpha value is -1.67. The molecule has 0 unspecified atom stereocenters. The third-order valence-corrected chi connectivity index (χ3v) is 5.20. The maximum Gasteiger partial charge on any atom is 0.268 e. The minimum absolute atomic E-state index is 0.138. The first-order chi connectivity index (χ1) is 9.35. The summed E-state index contributed by atoms with van der Waals surface area (Å²) in [6, 6.07) is 3.74. The molecule has 0 fully saturated rings. The van der Waals surface area contributed by atoms with E-state index in [0.717, 1.165) is 16.6 Å². The second-order valence-electron chi connectivity index (χ2n) is 4.14. The van der Waals surface area contributed by atoms with Crippen molar-refractivity contribution in [2.45, 2.75) is 25.2 Å². The summed E-state index contributed by atoms with van der Waals surface area (Å²) in [5.41, 5.74) is 6.22. The Labute approximate surface area is 120 Å². The molecule has 1 aromatic carbocycles. The lowest BCUT2D eigenvalue weighted by Crippen LogP contribution is -2.16. The molecule has 0 bridgehead atoms. The van der Waals surface area contributed by atoms with E-state index in [0.29, 0.717) is 6.42 Å². The number of nitrogen functional groups attached to an aromatic ring is 1. The minimum atomic E-state index is -4.09. The van der Waals surface area contributed by atoms with Crippen LogP contribution >= 0.6 is 11.3 Å². The van der Waals surface area contributed by atoms with Gasteiger partial charge in [-0.05, 0) is 25.5 Å². The van der Waals surface area contributed by atoms with Crippen LogP contribution in [0.2, 0.25) is 0 Å². The second kappa shape index (κ2) is 5.37. The maximum absolute atomic E-state index is 13.7. The Kier molecular flexibility index (Phi) is 3.96. The first-order valence-corrected chi connectivity index (χ1v) is 8.18. The molecule has 8 heteroatoms. The van der Waals surface area contributed by atoms with Crippen molar-refractivity contribution in [3.63, 3.8) is 0 Å². The fourth-order valence-electron chi connectivity index (χ4n) is 1.77. The fourth-order valence-corrected chi connectivity index (χ4v) is 4.10. The molecule has 2 aromatic rings. The molecular formula is C12H14FN3O2S2. The molecule has 3 N–H and O–H groups in total. The van der Waals surface area contributed by atoms with Gasteiger partial charge in [-0.15, -0.1) is 11.3 Å². The van der Waals surface area contributed by atoms with Crippen LogP contribution in [0.3, 0.4) is 0 Å². The number of hydrogen-bond acceptors (Lipinski definition) is 5. The van der Waals surface area contributed by atoms with Gasteiger partial charge in [-0.2, -0.15) is 0 Å². The summed E-state index contributed by atoms with van der Waals surface area (Å²) in [6.07, 6.45) is 0.700. The van der Waals surface area contributed by atoms with Crippen LogP contribution in [0, 0.1) is 12.7 Å². The Balaban J connectivity index is 2.41. The Morgan fingerprint density at radius 3 is 2.70 bits per heavy atom. The number of anilines is 2. The van der Waals surface area contributed by atoms with Crippen molar-refractivity contribution in [2.75, 3.05) is 10.5 Å². The summed E-state index contributed by atoms with van der Waals surface area (Å²) >= 11 is 1.21. The highest BCUT2D eigenvalue weighted by atomic mass is 32.2. The molecule has 0 radical (unpaired) electrons. The predicted molar refractivity (Wildman–Crippen MR) is 77.8 cm³/mol. The normalized spacial score (nSPS) is 11.6. The van der Waals surface area contributed by atoms with Crippen molar-refractivity contribution < 1.29 is 12.8 Å². The van der Waals surface area contributed by atoms with Crippen molar-refractivity contribution in [1.82, 2.24) is 4.98 Å². The van der Waals surface area contributed by atoms with E-state index >= 15 is 0 Å². The highest BCUT2D eigenvalue weighted by molar-refractivity contribution is 7.93. The molecular weight excluding hydrogens is 301 g/mol. The predicted octanol–water partition coefficient (Wildman–Crippen LogP) is 2.54. The van der Waals surface area contributed by atoms with E-state index in [-0.39, 0.29) is 10.8 Å². The molecule has 0 atom stereocenters. The third-order valence-electron chi connectivity index (χ3n) is 2.72. The average molecular weight is 315 g/mol. The number of aromatic nitrogens is 1. The molecule has 1 heterocycles. The van der Waals surface area contributed by atoms with E-state index in [1.165, 1.54) is 23.5 Å². The summed E-state index contributed by atoms with van der Waals surface area (Å²) < 4.78 is 40.3. The largest absolute Gasteiger partial charge is 0.398 e. The SMILES string of the molecule is CCc1nc(NS(=O)(=O)c2c(N)cccc2F)sc1C. The molecule has 0 saturated heterocycles. The number of aryl methyl sites for hydroxylation is 2. The van der Waals surface area contributed by atoms with Crippen molar-refractivity contribution in [1.29, 1.82) is 0 Å². The maximum atomic E-state index is 13.7. The van der Waals surface area contributed by atoms with Crippen LogP contribution < -0.4 is 10.5 Å². The number of benzene rings is 1. The highest BCUT2D eigenvalue weighted by Gasteiger charge is 2.23. The smallest absolute Gasteiger partial charge is 0.268 e. The zero-order valence-corrected chi connectivity index (χ0v) is 12.6. The van der Waals surface area contributed by atoms with E-state index in [4.69, 9.17) is 5.73 Å². The first kappa shape index (κ1) is 14.7. The Morgan fingerprint density at radius 2 is 2.15 bits per heavy atom. The van der Waals surface area contributed by atoms with Crippen molar-refractivity contribution in [2.24, 2.45) is 0 Å². The number of rotatable bonds is 4. The Morgan fingerprint density at radius 1 is 1.45 bits per heavy atom. The monoisotopic (exact) mass is 315 g/mol. The number of nitrogens with two attached hydrogens (primary N) is 1. The molecule has 0 amide bonds. The molecule has 20 heavy (non-hydrogen) atoms. The van der Waals surface area contributed by atoms with Gasteiger partial charge in [0.15, 0.2) is 5.13 Å². The van der Waals surface area contributed by atoms with Gasteiger partial charge in [0.1, 0.15) is 10.7 Å².